The monoisotopic (exact) mass is 449 g/mol. The molecule has 0 spiro atoms. The Morgan fingerprint density at radius 3 is 2.12 bits per heavy atom. The van der Waals surface area contributed by atoms with E-state index < -0.39 is 5.60 Å². The number of benzene rings is 2. The first-order chi connectivity index (χ1) is 16.0. The lowest BCUT2D eigenvalue weighted by atomic mass is 9.76. The molecule has 1 aliphatic heterocycles. The molecule has 33 heavy (non-hydrogen) atoms. The third-order valence-corrected chi connectivity index (χ3v) is 7.96. The first-order valence-electron chi connectivity index (χ1n) is 12.7. The molecule has 4 nitrogen and oxygen atoms in total. The lowest BCUT2D eigenvalue weighted by molar-refractivity contribution is -0.161. The number of likely N-dealkylation sites (tertiary alicyclic amines) is 1. The minimum absolute atomic E-state index is 0.00723. The van der Waals surface area contributed by atoms with Gasteiger partial charge in [0, 0.05) is 19.0 Å². The number of aliphatic hydroxyl groups is 1. The van der Waals surface area contributed by atoms with Crippen molar-refractivity contribution in [3.8, 4) is 5.75 Å². The third kappa shape index (κ3) is 5.27. The van der Waals surface area contributed by atoms with Crippen LogP contribution in [0.5, 0.6) is 5.75 Å². The molecule has 2 unspecified atom stereocenters. The van der Waals surface area contributed by atoms with Crippen molar-refractivity contribution in [3.05, 3.63) is 66.2 Å². The van der Waals surface area contributed by atoms with E-state index >= 15 is 0 Å². The predicted octanol–water partition coefficient (Wildman–Crippen LogP) is 5.65. The summed E-state index contributed by atoms with van der Waals surface area (Å²) in [6.45, 7) is 6.66. The van der Waals surface area contributed by atoms with Crippen molar-refractivity contribution in [2.45, 2.75) is 58.0 Å². The van der Waals surface area contributed by atoms with Crippen LogP contribution in [0.2, 0.25) is 0 Å². The zero-order valence-electron chi connectivity index (χ0n) is 20.2. The molecule has 1 saturated carbocycles. The number of nitrogens with zero attached hydrogens (tertiary/aromatic N) is 1. The summed E-state index contributed by atoms with van der Waals surface area (Å²) in [5.74, 6) is 2.31. The van der Waals surface area contributed by atoms with E-state index in [1.807, 2.05) is 65.6 Å². The Bertz CT molecular complexity index is 870. The van der Waals surface area contributed by atoms with Crippen LogP contribution in [0, 0.1) is 23.7 Å². The summed E-state index contributed by atoms with van der Waals surface area (Å²) in [4.78, 5) is 15.7. The quantitative estimate of drug-likeness (QED) is 0.566. The van der Waals surface area contributed by atoms with Gasteiger partial charge in [-0.1, -0.05) is 75.2 Å². The number of carbonyl (C=O) groups excluding carboxylic acids is 1. The van der Waals surface area contributed by atoms with Crippen molar-refractivity contribution in [2.75, 3.05) is 19.7 Å². The van der Waals surface area contributed by atoms with Gasteiger partial charge in [-0.2, -0.15) is 0 Å². The van der Waals surface area contributed by atoms with Gasteiger partial charge >= 0.3 is 0 Å². The molecule has 1 amide bonds. The fraction of sp³-hybridized carbons (Fsp3) is 0.552. The summed E-state index contributed by atoms with van der Waals surface area (Å²) in [5, 5.41) is 11.9. The maximum atomic E-state index is 13.8. The molecule has 4 heteroatoms. The van der Waals surface area contributed by atoms with Gasteiger partial charge in [0.2, 0.25) is 0 Å². The molecular formula is C29H39NO3. The summed E-state index contributed by atoms with van der Waals surface area (Å²) in [5.41, 5.74) is -0.654. The molecule has 1 N–H and O–H groups in total. The van der Waals surface area contributed by atoms with Crippen LogP contribution in [0.3, 0.4) is 0 Å². The van der Waals surface area contributed by atoms with Crippen LogP contribution in [0.1, 0.15) is 57.9 Å². The van der Waals surface area contributed by atoms with E-state index in [1.165, 1.54) is 0 Å². The standard InChI is InChI=1S/C29H39NO3/c1-22(2)27(21-33-26-15-7-4-8-16-26)23-17-19-30(20-18-23)28(31)29(32,25-13-9-10-14-25)24-11-5-3-6-12-24/h3-8,11-12,15-16,22-23,25,27,32H,9-10,13-14,17-21H2,1-2H3. The Morgan fingerprint density at radius 2 is 1.55 bits per heavy atom. The summed E-state index contributed by atoms with van der Waals surface area (Å²) >= 11 is 0. The van der Waals surface area contributed by atoms with Crippen molar-refractivity contribution in [1.29, 1.82) is 0 Å². The smallest absolute Gasteiger partial charge is 0.259 e. The van der Waals surface area contributed by atoms with Gasteiger partial charge in [0.15, 0.2) is 5.60 Å². The number of piperidine rings is 1. The van der Waals surface area contributed by atoms with Crippen LogP contribution in [0.4, 0.5) is 0 Å². The highest BCUT2D eigenvalue weighted by molar-refractivity contribution is 5.87. The van der Waals surface area contributed by atoms with Crippen LogP contribution in [-0.4, -0.2) is 35.6 Å². The molecule has 0 radical (unpaired) electrons. The molecule has 1 saturated heterocycles. The van der Waals surface area contributed by atoms with Crippen molar-refractivity contribution in [1.82, 2.24) is 4.90 Å². The van der Waals surface area contributed by atoms with Crippen molar-refractivity contribution in [3.63, 3.8) is 0 Å². The maximum Gasteiger partial charge on any atom is 0.259 e. The highest BCUT2D eigenvalue weighted by Crippen LogP contribution is 2.43. The zero-order chi connectivity index (χ0) is 23.3. The highest BCUT2D eigenvalue weighted by Gasteiger charge is 2.48. The average molecular weight is 450 g/mol. The lowest BCUT2D eigenvalue weighted by Crippen LogP contribution is -2.53. The van der Waals surface area contributed by atoms with E-state index in [4.69, 9.17) is 4.74 Å². The van der Waals surface area contributed by atoms with Gasteiger partial charge in [-0.15, -0.1) is 0 Å². The zero-order valence-corrected chi connectivity index (χ0v) is 20.2. The van der Waals surface area contributed by atoms with Crippen molar-refractivity contribution in [2.24, 2.45) is 23.7 Å². The fourth-order valence-corrected chi connectivity index (χ4v) is 5.92. The topological polar surface area (TPSA) is 49.8 Å². The number of hydrogen-bond acceptors (Lipinski definition) is 3. The second kappa shape index (κ2) is 10.7. The Hall–Kier alpha value is -2.33. The van der Waals surface area contributed by atoms with Crippen LogP contribution >= 0.6 is 0 Å². The Morgan fingerprint density at radius 1 is 0.970 bits per heavy atom. The lowest BCUT2D eigenvalue weighted by Gasteiger charge is -2.42. The SMILES string of the molecule is CC(C)C(COc1ccccc1)C1CCN(C(=O)C(O)(c2ccccc2)C2CCCC2)CC1. The summed E-state index contributed by atoms with van der Waals surface area (Å²) in [6, 6.07) is 19.6. The summed E-state index contributed by atoms with van der Waals surface area (Å²) in [6.07, 6.45) is 5.93. The van der Waals surface area contributed by atoms with Crippen molar-refractivity contribution >= 4 is 5.91 Å². The normalized spacial score (nSPS) is 20.5. The Kier molecular flexibility index (Phi) is 7.75. The van der Waals surface area contributed by atoms with E-state index in [0.717, 1.165) is 49.8 Å². The Balaban J connectivity index is 1.42. The molecule has 178 valence electrons. The Labute approximate surface area is 199 Å². The minimum atomic E-state index is -1.40. The van der Waals surface area contributed by atoms with E-state index in [1.54, 1.807) is 0 Å². The van der Waals surface area contributed by atoms with Crippen LogP contribution in [0.25, 0.3) is 0 Å². The summed E-state index contributed by atoms with van der Waals surface area (Å²) < 4.78 is 6.12. The summed E-state index contributed by atoms with van der Waals surface area (Å²) in [7, 11) is 0. The highest BCUT2D eigenvalue weighted by atomic mass is 16.5. The second-order valence-corrected chi connectivity index (χ2v) is 10.3. The number of hydrogen-bond donors (Lipinski definition) is 1. The van der Waals surface area contributed by atoms with E-state index in [9.17, 15) is 9.90 Å². The predicted molar refractivity (Wildman–Crippen MR) is 132 cm³/mol. The third-order valence-electron chi connectivity index (χ3n) is 7.96. The molecule has 0 bridgehead atoms. The molecule has 2 atom stereocenters. The van der Waals surface area contributed by atoms with Gasteiger partial charge in [0.1, 0.15) is 5.75 Å². The van der Waals surface area contributed by atoms with Gasteiger partial charge in [0.05, 0.1) is 6.61 Å². The number of rotatable bonds is 8. The first-order valence-corrected chi connectivity index (χ1v) is 12.7. The van der Waals surface area contributed by atoms with Gasteiger partial charge in [-0.05, 0) is 61.1 Å². The van der Waals surface area contributed by atoms with E-state index in [-0.39, 0.29) is 11.8 Å². The molecule has 2 aromatic rings. The molecule has 2 fully saturated rings. The van der Waals surface area contributed by atoms with Crippen LogP contribution in [-0.2, 0) is 10.4 Å². The average Bonchev–Trinajstić information content (AvgIpc) is 3.40. The largest absolute Gasteiger partial charge is 0.493 e. The maximum absolute atomic E-state index is 13.8. The molecule has 2 aromatic carbocycles. The fourth-order valence-electron chi connectivity index (χ4n) is 5.92. The van der Waals surface area contributed by atoms with E-state index in [0.29, 0.717) is 37.5 Å². The van der Waals surface area contributed by atoms with Gasteiger partial charge in [-0.3, -0.25) is 4.79 Å². The number of amides is 1. The molecule has 2 aliphatic rings. The van der Waals surface area contributed by atoms with Gasteiger partial charge < -0.3 is 14.7 Å². The molecule has 0 aromatic heterocycles. The van der Waals surface area contributed by atoms with Crippen LogP contribution in [0.15, 0.2) is 60.7 Å². The van der Waals surface area contributed by atoms with Crippen LogP contribution < -0.4 is 4.74 Å². The molecule has 1 aliphatic carbocycles. The van der Waals surface area contributed by atoms with E-state index in [2.05, 4.69) is 13.8 Å². The molecular weight excluding hydrogens is 410 g/mol. The number of ether oxygens (including phenoxy) is 1. The molecule has 4 rings (SSSR count). The number of carbonyl (C=O) groups is 1. The first kappa shape index (κ1) is 23.8. The van der Waals surface area contributed by atoms with Crippen molar-refractivity contribution < 1.29 is 14.6 Å². The van der Waals surface area contributed by atoms with Gasteiger partial charge in [0.25, 0.3) is 5.91 Å². The van der Waals surface area contributed by atoms with Gasteiger partial charge in [-0.25, -0.2) is 0 Å². The molecule has 1 heterocycles. The number of para-hydroxylation sites is 1. The minimum Gasteiger partial charge on any atom is -0.493 e. The second-order valence-electron chi connectivity index (χ2n) is 10.3.